The van der Waals surface area contributed by atoms with Crippen molar-refractivity contribution in [2.75, 3.05) is 11.2 Å². The smallest absolute Gasteiger partial charge is 0.269 e. The van der Waals surface area contributed by atoms with Crippen LogP contribution in [0.3, 0.4) is 0 Å². The Kier molecular flexibility index (Phi) is 3.49. The number of hydrogen-bond donors (Lipinski definition) is 2. The number of nitrogens with two attached hydrogens (primary N) is 1. The molecule has 0 unspecified atom stereocenters. The van der Waals surface area contributed by atoms with Crippen LogP contribution in [0.15, 0.2) is 34.7 Å². The number of aromatic nitrogens is 1. The van der Waals surface area contributed by atoms with Crippen LogP contribution in [0.5, 0.6) is 0 Å². The molecule has 7 nitrogen and oxygen atoms in total. The molecule has 0 saturated heterocycles. The Labute approximate surface area is 106 Å². The molecule has 0 saturated carbocycles. The van der Waals surface area contributed by atoms with Gasteiger partial charge in [0.2, 0.25) is 5.13 Å². The molecule has 2 aromatic rings. The van der Waals surface area contributed by atoms with Gasteiger partial charge in [0.05, 0.1) is 11.1 Å². The molecule has 1 aromatic carbocycles. The van der Waals surface area contributed by atoms with Crippen molar-refractivity contribution in [1.82, 2.24) is 4.98 Å². The molecule has 0 aliphatic carbocycles. The van der Waals surface area contributed by atoms with Crippen molar-refractivity contribution in [3.63, 3.8) is 0 Å². The molecule has 2 rings (SSSR count). The van der Waals surface area contributed by atoms with Gasteiger partial charge >= 0.3 is 0 Å². The predicted molar refractivity (Wildman–Crippen MR) is 70.8 cm³/mol. The standard InChI is InChI=1S/C10H9N5O2S/c11-9-6-18-10(13-9)14-12-5-7-1-3-8(4-2-7)15(16)17/h1-6H,11H2,(H,13,14). The zero-order valence-corrected chi connectivity index (χ0v) is 9.92. The Hall–Kier alpha value is -2.48. The summed E-state index contributed by atoms with van der Waals surface area (Å²) in [7, 11) is 0. The molecule has 0 spiro atoms. The molecule has 0 aliphatic heterocycles. The molecule has 18 heavy (non-hydrogen) atoms. The van der Waals surface area contributed by atoms with Gasteiger partial charge in [-0.3, -0.25) is 15.5 Å². The maximum absolute atomic E-state index is 10.5. The summed E-state index contributed by atoms with van der Waals surface area (Å²) in [5.41, 5.74) is 8.96. The first-order chi connectivity index (χ1) is 8.65. The molecule has 0 radical (unpaired) electrons. The van der Waals surface area contributed by atoms with Crippen LogP contribution in [-0.2, 0) is 0 Å². The molecule has 0 atom stereocenters. The topological polar surface area (TPSA) is 106 Å². The Bertz CT molecular complexity index is 578. The highest BCUT2D eigenvalue weighted by molar-refractivity contribution is 7.14. The van der Waals surface area contributed by atoms with Crippen molar-refractivity contribution in [2.45, 2.75) is 0 Å². The number of anilines is 2. The van der Waals surface area contributed by atoms with Gasteiger partial charge in [-0.1, -0.05) is 0 Å². The fourth-order valence-corrected chi connectivity index (χ4v) is 1.73. The van der Waals surface area contributed by atoms with Gasteiger partial charge in [0.1, 0.15) is 5.82 Å². The molecule has 8 heteroatoms. The van der Waals surface area contributed by atoms with Crippen molar-refractivity contribution in [1.29, 1.82) is 0 Å². The summed E-state index contributed by atoms with van der Waals surface area (Å²) in [5.74, 6) is 0.438. The van der Waals surface area contributed by atoms with E-state index in [4.69, 9.17) is 5.73 Å². The third-order valence-electron chi connectivity index (χ3n) is 2.00. The lowest BCUT2D eigenvalue weighted by molar-refractivity contribution is -0.384. The highest BCUT2D eigenvalue weighted by Gasteiger charge is 2.02. The van der Waals surface area contributed by atoms with Gasteiger partial charge in [-0.05, 0) is 17.7 Å². The highest BCUT2D eigenvalue weighted by Crippen LogP contribution is 2.16. The van der Waals surface area contributed by atoms with Crippen LogP contribution < -0.4 is 11.2 Å². The lowest BCUT2D eigenvalue weighted by Crippen LogP contribution is -1.92. The Morgan fingerprint density at radius 3 is 2.72 bits per heavy atom. The molecule has 0 amide bonds. The first-order valence-corrected chi connectivity index (χ1v) is 5.77. The van der Waals surface area contributed by atoms with Gasteiger partial charge in [-0.25, -0.2) is 4.98 Å². The third kappa shape index (κ3) is 3.01. The number of thiazole rings is 1. The number of non-ortho nitro benzene ring substituents is 1. The number of hydrogen-bond acceptors (Lipinski definition) is 7. The van der Waals surface area contributed by atoms with Crippen LogP contribution in [0, 0.1) is 10.1 Å². The lowest BCUT2D eigenvalue weighted by atomic mass is 10.2. The average Bonchev–Trinajstić information content (AvgIpc) is 2.76. The average molecular weight is 263 g/mol. The minimum Gasteiger partial charge on any atom is -0.383 e. The maximum atomic E-state index is 10.5. The van der Waals surface area contributed by atoms with Gasteiger partial charge < -0.3 is 5.73 Å². The second-order valence-electron chi connectivity index (χ2n) is 3.30. The van der Waals surface area contributed by atoms with E-state index in [-0.39, 0.29) is 5.69 Å². The minimum absolute atomic E-state index is 0.0489. The second kappa shape index (κ2) is 5.23. The number of nitrogens with zero attached hydrogens (tertiary/aromatic N) is 3. The summed E-state index contributed by atoms with van der Waals surface area (Å²) >= 11 is 1.34. The summed E-state index contributed by atoms with van der Waals surface area (Å²) in [6.45, 7) is 0. The number of nitro benzene ring substituents is 1. The van der Waals surface area contributed by atoms with Gasteiger partial charge in [-0.15, -0.1) is 11.3 Å². The number of benzene rings is 1. The van der Waals surface area contributed by atoms with Crippen molar-refractivity contribution in [2.24, 2.45) is 5.10 Å². The Morgan fingerprint density at radius 2 is 2.17 bits per heavy atom. The molecular formula is C10H9N5O2S. The van der Waals surface area contributed by atoms with Crippen LogP contribution in [0.25, 0.3) is 0 Å². The number of hydrazone groups is 1. The van der Waals surface area contributed by atoms with Crippen LogP contribution in [0.4, 0.5) is 16.6 Å². The minimum atomic E-state index is -0.447. The van der Waals surface area contributed by atoms with E-state index in [9.17, 15) is 10.1 Å². The van der Waals surface area contributed by atoms with Crippen molar-refractivity contribution < 1.29 is 4.92 Å². The van der Waals surface area contributed by atoms with Gasteiger partial charge in [0.25, 0.3) is 5.69 Å². The summed E-state index contributed by atoms with van der Waals surface area (Å²) in [5, 5.41) is 16.7. The summed E-state index contributed by atoms with van der Waals surface area (Å²) in [6, 6.07) is 6.06. The summed E-state index contributed by atoms with van der Waals surface area (Å²) in [4.78, 5) is 14.0. The molecule has 0 bridgehead atoms. The van der Waals surface area contributed by atoms with Gasteiger partial charge in [0.15, 0.2) is 0 Å². The number of nitrogens with one attached hydrogen (secondary N) is 1. The zero-order valence-electron chi connectivity index (χ0n) is 9.11. The van der Waals surface area contributed by atoms with E-state index in [0.29, 0.717) is 10.9 Å². The van der Waals surface area contributed by atoms with Crippen LogP contribution in [-0.4, -0.2) is 16.1 Å². The Morgan fingerprint density at radius 1 is 1.44 bits per heavy atom. The second-order valence-corrected chi connectivity index (χ2v) is 4.15. The quantitative estimate of drug-likeness (QED) is 0.499. The Balaban J connectivity index is 1.98. The monoisotopic (exact) mass is 263 g/mol. The van der Waals surface area contributed by atoms with Crippen molar-refractivity contribution in [3.05, 3.63) is 45.3 Å². The lowest BCUT2D eigenvalue weighted by Gasteiger charge is -1.94. The summed E-state index contributed by atoms with van der Waals surface area (Å²) < 4.78 is 0. The molecule has 0 aliphatic rings. The van der Waals surface area contributed by atoms with Crippen molar-refractivity contribution in [3.8, 4) is 0 Å². The van der Waals surface area contributed by atoms with E-state index < -0.39 is 4.92 Å². The van der Waals surface area contributed by atoms with Gasteiger partial charge in [0, 0.05) is 17.5 Å². The van der Waals surface area contributed by atoms with E-state index in [1.165, 1.54) is 23.5 Å². The molecule has 3 N–H and O–H groups in total. The molecular weight excluding hydrogens is 254 g/mol. The third-order valence-corrected chi connectivity index (χ3v) is 2.76. The first-order valence-electron chi connectivity index (χ1n) is 4.89. The largest absolute Gasteiger partial charge is 0.383 e. The van der Waals surface area contributed by atoms with E-state index in [1.54, 1.807) is 23.7 Å². The van der Waals surface area contributed by atoms with E-state index >= 15 is 0 Å². The zero-order chi connectivity index (χ0) is 13.0. The van der Waals surface area contributed by atoms with Crippen LogP contribution in [0.1, 0.15) is 5.56 Å². The fraction of sp³-hybridized carbons (Fsp3) is 0. The van der Waals surface area contributed by atoms with Crippen LogP contribution >= 0.6 is 11.3 Å². The normalized spacial score (nSPS) is 10.7. The predicted octanol–water partition coefficient (Wildman–Crippen LogP) is 2.08. The number of rotatable bonds is 4. The first kappa shape index (κ1) is 12.0. The molecule has 1 aromatic heterocycles. The summed E-state index contributed by atoms with van der Waals surface area (Å²) in [6.07, 6.45) is 1.54. The van der Waals surface area contributed by atoms with Crippen molar-refractivity contribution >= 4 is 34.2 Å². The fourth-order valence-electron chi connectivity index (χ4n) is 1.18. The molecule has 1 heterocycles. The number of nitro groups is 1. The van der Waals surface area contributed by atoms with Gasteiger partial charge in [-0.2, -0.15) is 5.10 Å². The molecule has 92 valence electrons. The number of nitrogen functional groups attached to an aromatic ring is 1. The SMILES string of the molecule is Nc1csc(NN=Cc2ccc([N+](=O)[O-])cc2)n1. The van der Waals surface area contributed by atoms with E-state index in [0.717, 1.165) is 5.56 Å². The van der Waals surface area contributed by atoms with Crippen LogP contribution in [0.2, 0.25) is 0 Å². The maximum Gasteiger partial charge on any atom is 0.269 e. The van der Waals surface area contributed by atoms with E-state index in [1.807, 2.05) is 0 Å². The van der Waals surface area contributed by atoms with E-state index in [2.05, 4.69) is 15.5 Å². The highest BCUT2D eigenvalue weighted by atomic mass is 32.1. The molecule has 0 fully saturated rings.